The Bertz CT molecular complexity index is 530. The molecule has 0 radical (unpaired) electrons. The second kappa shape index (κ2) is 5.08. The van der Waals surface area contributed by atoms with Gasteiger partial charge in [-0.05, 0) is 74.0 Å². The molecule has 1 nitrogen and oxygen atoms in total. The van der Waals surface area contributed by atoms with Crippen molar-refractivity contribution in [3.8, 4) is 0 Å². The number of carbonyl (C=O) groups excluding carboxylic acids is 1. The summed E-state index contributed by atoms with van der Waals surface area (Å²) in [5.41, 5.74) is 2.51. The molecule has 0 amide bonds. The minimum Gasteiger partial charge on any atom is -0.303 e. The van der Waals surface area contributed by atoms with Crippen LogP contribution in [0.1, 0.15) is 65.2 Å². The van der Waals surface area contributed by atoms with Gasteiger partial charge in [0.2, 0.25) is 0 Å². The zero-order valence-corrected chi connectivity index (χ0v) is 14.2. The average molecular weight is 298 g/mol. The van der Waals surface area contributed by atoms with E-state index >= 15 is 0 Å². The predicted molar refractivity (Wildman–Crippen MR) is 90.4 cm³/mol. The molecular weight excluding hydrogens is 268 g/mol. The normalized spacial score (nSPS) is 49.8. The largest absolute Gasteiger partial charge is 0.303 e. The standard InChI is InChI=1S/C21H30O/c1-20-12-4-3-5-15(20)6-8-17-18-9-7-16(11-14-22)21(18,2)13-10-19(17)20/h4-5,12,14,16-19H,3,6-11,13H2,1-2H3/t16-,17+,18+,19+,20+,21-/m1/s1. The molecule has 0 aromatic heterocycles. The maximum Gasteiger partial charge on any atom is 0.120 e. The van der Waals surface area contributed by atoms with E-state index in [0.29, 0.717) is 16.7 Å². The second-order valence-corrected chi connectivity index (χ2v) is 8.79. The summed E-state index contributed by atoms with van der Waals surface area (Å²) in [6, 6.07) is 0. The van der Waals surface area contributed by atoms with E-state index < -0.39 is 0 Å². The SMILES string of the molecule is C[C@]12CC[C@H]3[C@@H](CCC4=CCC=C[C@@]43C)[C@@H]1CC[C@@H]2CC=O. The Labute approximate surface area is 135 Å². The Kier molecular flexibility index (Phi) is 3.40. The molecule has 3 saturated carbocycles. The highest BCUT2D eigenvalue weighted by Gasteiger charge is 2.57. The molecule has 0 saturated heterocycles. The molecule has 0 aromatic carbocycles. The van der Waals surface area contributed by atoms with Crippen LogP contribution in [0.3, 0.4) is 0 Å². The molecule has 120 valence electrons. The van der Waals surface area contributed by atoms with Gasteiger partial charge in [0, 0.05) is 11.8 Å². The van der Waals surface area contributed by atoms with Crippen molar-refractivity contribution in [2.75, 3.05) is 0 Å². The lowest BCUT2D eigenvalue weighted by Gasteiger charge is -2.57. The highest BCUT2D eigenvalue weighted by molar-refractivity contribution is 5.50. The van der Waals surface area contributed by atoms with Crippen molar-refractivity contribution < 1.29 is 4.79 Å². The molecular formula is C21H30O. The van der Waals surface area contributed by atoms with Gasteiger partial charge in [0.25, 0.3) is 0 Å². The van der Waals surface area contributed by atoms with Crippen LogP contribution in [-0.4, -0.2) is 6.29 Å². The average Bonchev–Trinajstić information content (AvgIpc) is 2.84. The minimum absolute atomic E-state index is 0.339. The first-order chi connectivity index (χ1) is 10.6. The Morgan fingerprint density at radius 3 is 2.86 bits per heavy atom. The smallest absolute Gasteiger partial charge is 0.120 e. The summed E-state index contributed by atoms with van der Waals surface area (Å²) in [6.45, 7) is 5.02. The van der Waals surface area contributed by atoms with Crippen molar-refractivity contribution in [1.82, 2.24) is 0 Å². The Morgan fingerprint density at radius 1 is 1.18 bits per heavy atom. The molecule has 4 aliphatic rings. The van der Waals surface area contributed by atoms with Gasteiger partial charge >= 0.3 is 0 Å². The molecule has 0 aliphatic heterocycles. The summed E-state index contributed by atoms with van der Waals surface area (Å²) in [6.07, 6.45) is 18.6. The highest BCUT2D eigenvalue weighted by Crippen LogP contribution is 2.66. The zero-order chi connectivity index (χ0) is 15.4. The quantitative estimate of drug-likeness (QED) is 0.498. The first-order valence-corrected chi connectivity index (χ1v) is 9.40. The number of allylic oxidation sites excluding steroid dienone is 4. The third kappa shape index (κ3) is 1.87. The summed E-state index contributed by atoms with van der Waals surface area (Å²) in [5.74, 6) is 3.25. The molecule has 1 heteroatoms. The van der Waals surface area contributed by atoms with Gasteiger partial charge in [-0.25, -0.2) is 0 Å². The maximum atomic E-state index is 11.1. The molecule has 0 heterocycles. The van der Waals surface area contributed by atoms with Crippen LogP contribution in [-0.2, 0) is 4.79 Å². The van der Waals surface area contributed by atoms with Crippen molar-refractivity contribution in [2.24, 2.45) is 34.5 Å². The predicted octanol–water partition coefficient (Wildman–Crippen LogP) is 5.32. The Hall–Kier alpha value is -0.850. The van der Waals surface area contributed by atoms with Gasteiger partial charge in [0.05, 0.1) is 0 Å². The van der Waals surface area contributed by atoms with Crippen molar-refractivity contribution in [3.63, 3.8) is 0 Å². The van der Waals surface area contributed by atoms with Gasteiger partial charge in [-0.3, -0.25) is 0 Å². The van der Waals surface area contributed by atoms with E-state index in [1.54, 1.807) is 5.57 Å². The molecule has 22 heavy (non-hydrogen) atoms. The van der Waals surface area contributed by atoms with E-state index in [2.05, 4.69) is 32.1 Å². The third-order valence-corrected chi connectivity index (χ3v) is 8.19. The monoisotopic (exact) mass is 298 g/mol. The van der Waals surface area contributed by atoms with Crippen LogP contribution in [0.2, 0.25) is 0 Å². The van der Waals surface area contributed by atoms with Crippen LogP contribution in [0, 0.1) is 34.5 Å². The molecule has 0 unspecified atom stereocenters. The summed E-state index contributed by atoms with van der Waals surface area (Å²) in [4.78, 5) is 11.1. The van der Waals surface area contributed by atoms with Gasteiger partial charge in [0.1, 0.15) is 6.29 Å². The Morgan fingerprint density at radius 2 is 2.05 bits per heavy atom. The highest BCUT2D eigenvalue weighted by atomic mass is 16.1. The maximum absolute atomic E-state index is 11.1. The summed E-state index contributed by atoms with van der Waals surface area (Å²) < 4.78 is 0. The van der Waals surface area contributed by atoms with Gasteiger partial charge in [-0.2, -0.15) is 0 Å². The zero-order valence-electron chi connectivity index (χ0n) is 14.2. The number of hydrogen-bond donors (Lipinski definition) is 0. The third-order valence-electron chi connectivity index (χ3n) is 8.19. The van der Waals surface area contributed by atoms with Gasteiger partial charge in [-0.15, -0.1) is 0 Å². The number of hydrogen-bond acceptors (Lipinski definition) is 1. The van der Waals surface area contributed by atoms with Crippen LogP contribution in [0.5, 0.6) is 0 Å². The van der Waals surface area contributed by atoms with Crippen LogP contribution < -0.4 is 0 Å². The molecule has 0 N–H and O–H groups in total. The minimum atomic E-state index is 0.339. The van der Waals surface area contributed by atoms with E-state index in [9.17, 15) is 4.79 Å². The van der Waals surface area contributed by atoms with Gasteiger partial charge < -0.3 is 4.79 Å². The number of carbonyl (C=O) groups is 1. The van der Waals surface area contributed by atoms with E-state index in [1.807, 2.05) is 0 Å². The van der Waals surface area contributed by atoms with E-state index in [0.717, 1.165) is 30.6 Å². The molecule has 3 fully saturated rings. The topological polar surface area (TPSA) is 17.1 Å². The lowest BCUT2D eigenvalue weighted by molar-refractivity contribution is -0.110. The Balaban J connectivity index is 1.65. The van der Waals surface area contributed by atoms with Crippen LogP contribution >= 0.6 is 0 Å². The summed E-state index contributed by atoms with van der Waals surface area (Å²) in [5, 5.41) is 0. The summed E-state index contributed by atoms with van der Waals surface area (Å²) >= 11 is 0. The van der Waals surface area contributed by atoms with Crippen molar-refractivity contribution in [2.45, 2.75) is 65.2 Å². The first-order valence-electron chi connectivity index (χ1n) is 9.40. The molecule has 0 bridgehead atoms. The number of rotatable bonds is 2. The molecule has 4 aliphatic carbocycles. The van der Waals surface area contributed by atoms with Crippen LogP contribution in [0.25, 0.3) is 0 Å². The van der Waals surface area contributed by atoms with E-state index in [-0.39, 0.29) is 0 Å². The fourth-order valence-corrected chi connectivity index (χ4v) is 6.95. The van der Waals surface area contributed by atoms with Crippen molar-refractivity contribution in [3.05, 3.63) is 23.8 Å². The molecule has 0 aromatic rings. The number of fused-ring (bicyclic) bond motifs is 5. The summed E-state index contributed by atoms with van der Waals surface area (Å²) in [7, 11) is 0. The van der Waals surface area contributed by atoms with Crippen molar-refractivity contribution in [1.29, 1.82) is 0 Å². The van der Waals surface area contributed by atoms with E-state index in [4.69, 9.17) is 0 Å². The molecule has 6 atom stereocenters. The first kappa shape index (κ1) is 14.7. The van der Waals surface area contributed by atoms with Crippen LogP contribution in [0.4, 0.5) is 0 Å². The lowest BCUT2D eigenvalue weighted by Crippen LogP contribution is -2.49. The van der Waals surface area contributed by atoms with Crippen LogP contribution in [0.15, 0.2) is 23.8 Å². The second-order valence-electron chi connectivity index (χ2n) is 8.79. The van der Waals surface area contributed by atoms with Crippen molar-refractivity contribution >= 4 is 6.29 Å². The van der Waals surface area contributed by atoms with Gasteiger partial charge in [-0.1, -0.05) is 37.6 Å². The molecule has 0 spiro atoms. The lowest BCUT2D eigenvalue weighted by atomic mass is 9.48. The molecule has 4 rings (SSSR count). The fourth-order valence-electron chi connectivity index (χ4n) is 6.95. The fraction of sp³-hybridized carbons (Fsp3) is 0.762. The number of aldehydes is 1. The van der Waals surface area contributed by atoms with Gasteiger partial charge in [0.15, 0.2) is 0 Å². The van der Waals surface area contributed by atoms with E-state index in [1.165, 1.54) is 44.8 Å².